The fourth-order valence-corrected chi connectivity index (χ4v) is 4.69. The number of amides is 1. The van der Waals surface area contributed by atoms with E-state index in [9.17, 15) is 26.4 Å². The Bertz CT molecular complexity index is 1010. The third kappa shape index (κ3) is 4.61. The van der Waals surface area contributed by atoms with Gasteiger partial charge in [0.15, 0.2) is 0 Å². The van der Waals surface area contributed by atoms with Crippen molar-refractivity contribution in [1.82, 2.24) is 19.0 Å². The SMILES string of the molecule is Cc1cc(C)n(CC(=O)N2CCN(S(=O)(=O)c3cccc(C(F)(F)F)c3)CC2)n1. The summed E-state index contributed by atoms with van der Waals surface area (Å²) in [4.78, 5) is 13.6. The first-order valence-corrected chi connectivity index (χ1v) is 10.4. The molecule has 0 spiro atoms. The highest BCUT2D eigenvalue weighted by molar-refractivity contribution is 7.89. The van der Waals surface area contributed by atoms with Crippen molar-refractivity contribution in [2.24, 2.45) is 0 Å². The van der Waals surface area contributed by atoms with Gasteiger partial charge in [-0.1, -0.05) is 6.07 Å². The number of halogens is 3. The minimum absolute atomic E-state index is 0.0153. The van der Waals surface area contributed by atoms with Gasteiger partial charge in [0.25, 0.3) is 0 Å². The van der Waals surface area contributed by atoms with Crippen LogP contribution < -0.4 is 0 Å². The van der Waals surface area contributed by atoms with Gasteiger partial charge in [0.1, 0.15) is 6.54 Å². The lowest BCUT2D eigenvalue weighted by Gasteiger charge is -2.34. The smallest absolute Gasteiger partial charge is 0.338 e. The number of rotatable bonds is 4. The van der Waals surface area contributed by atoms with Crippen molar-refractivity contribution >= 4 is 15.9 Å². The predicted molar refractivity (Wildman–Crippen MR) is 98.5 cm³/mol. The second-order valence-corrected chi connectivity index (χ2v) is 8.83. The number of aryl methyl sites for hydroxylation is 2. The topological polar surface area (TPSA) is 75.5 Å². The van der Waals surface area contributed by atoms with Crippen LogP contribution in [0.5, 0.6) is 0 Å². The van der Waals surface area contributed by atoms with Crippen molar-refractivity contribution in [3.63, 3.8) is 0 Å². The van der Waals surface area contributed by atoms with Gasteiger partial charge in [-0.05, 0) is 38.1 Å². The number of benzene rings is 1. The van der Waals surface area contributed by atoms with Gasteiger partial charge >= 0.3 is 6.18 Å². The summed E-state index contributed by atoms with van der Waals surface area (Å²) in [6.07, 6.45) is -4.63. The van der Waals surface area contributed by atoms with Gasteiger partial charge in [-0.15, -0.1) is 0 Å². The molecule has 1 aliphatic rings. The molecular weight excluding hydrogens is 409 g/mol. The zero-order valence-electron chi connectivity index (χ0n) is 16.0. The highest BCUT2D eigenvalue weighted by atomic mass is 32.2. The number of piperazine rings is 1. The molecule has 0 saturated carbocycles. The zero-order valence-corrected chi connectivity index (χ0v) is 16.8. The molecule has 0 bridgehead atoms. The van der Waals surface area contributed by atoms with Crippen molar-refractivity contribution in [3.05, 3.63) is 47.3 Å². The van der Waals surface area contributed by atoms with Crippen LogP contribution >= 0.6 is 0 Å². The first kappa shape index (κ1) is 21.3. The summed E-state index contributed by atoms with van der Waals surface area (Å²) in [5, 5.41) is 4.24. The molecule has 0 aliphatic carbocycles. The van der Waals surface area contributed by atoms with Crippen LogP contribution in [0.1, 0.15) is 17.0 Å². The average Bonchev–Trinajstić information content (AvgIpc) is 2.98. The molecule has 1 aromatic carbocycles. The first-order valence-electron chi connectivity index (χ1n) is 8.95. The minimum Gasteiger partial charge on any atom is -0.338 e. The second-order valence-electron chi connectivity index (χ2n) is 6.90. The molecule has 0 N–H and O–H groups in total. The molecule has 29 heavy (non-hydrogen) atoms. The lowest BCUT2D eigenvalue weighted by Crippen LogP contribution is -2.51. The summed E-state index contributed by atoms with van der Waals surface area (Å²) < 4.78 is 66.8. The van der Waals surface area contributed by atoms with E-state index in [4.69, 9.17) is 0 Å². The molecule has 1 aromatic heterocycles. The first-order chi connectivity index (χ1) is 13.5. The van der Waals surface area contributed by atoms with Crippen molar-refractivity contribution in [2.45, 2.75) is 31.5 Å². The number of nitrogens with zero attached hydrogens (tertiary/aromatic N) is 4. The lowest BCUT2D eigenvalue weighted by atomic mass is 10.2. The van der Waals surface area contributed by atoms with Crippen molar-refractivity contribution < 1.29 is 26.4 Å². The standard InChI is InChI=1S/C18H21F3N4O3S/c1-13-10-14(2)25(22-13)12-17(26)23-6-8-24(9-7-23)29(27,28)16-5-3-4-15(11-16)18(19,20)21/h3-5,10-11H,6-9,12H2,1-2H3. The number of hydrogen-bond donors (Lipinski definition) is 0. The van der Waals surface area contributed by atoms with E-state index >= 15 is 0 Å². The number of sulfonamides is 1. The Morgan fingerprint density at radius 2 is 1.76 bits per heavy atom. The average molecular weight is 430 g/mol. The van der Waals surface area contributed by atoms with Gasteiger partial charge in [0.2, 0.25) is 15.9 Å². The third-order valence-electron chi connectivity index (χ3n) is 4.78. The molecule has 2 heterocycles. The molecule has 7 nitrogen and oxygen atoms in total. The summed E-state index contributed by atoms with van der Waals surface area (Å²) in [5.41, 5.74) is 0.631. The van der Waals surface area contributed by atoms with Crippen LogP contribution in [0.2, 0.25) is 0 Å². The molecule has 0 atom stereocenters. The number of carbonyl (C=O) groups excluding carboxylic acids is 1. The predicted octanol–water partition coefficient (Wildman–Crippen LogP) is 2.05. The fraction of sp³-hybridized carbons (Fsp3) is 0.444. The molecule has 0 unspecified atom stereocenters. The number of hydrogen-bond acceptors (Lipinski definition) is 4. The van der Waals surface area contributed by atoms with E-state index in [0.29, 0.717) is 6.07 Å². The lowest BCUT2D eigenvalue weighted by molar-refractivity contribution is -0.137. The van der Waals surface area contributed by atoms with Crippen molar-refractivity contribution in [1.29, 1.82) is 0 Å². The Kier molecular flexibility index (Phi) is 5.72. The molecule has 2 aromatic rings. The summed E-state index contributed by atoms with van der Waals surface area (Å²) in [6.45, 7) is 4.08. The minimum atomic E-state index is -4.63. The Morgan fingerprint density at radius 3 is 2.31 bits per heavy atom. The van der Waals surface area contributed by atoms with Gasteiger partial charge in [0.05, 0.1) is 16.2 Å². The Balaban J connectivity index is 1.67. The normalized spacial score (nSPS) is 16.2. The summed E-state index contributed by atoms with van der Waals surface area (Å²) >= 11 is 0. The molecule has 11 heteroatoms. The van der Waals surface area contributed by atoms with Gasteiger partial charge in [0, 0.05) is 31.9 Å². The largest absolute Gasteiger partial charge is 0.416 e. The Hall–Kier alpha value is -2.40. The fourth-order valence-electron chi connectivity index (χ4n) is 3.22. The molecular formula is C18H21F3N4O3S. The van der Waals surface area contributed by atoms with Crippen LogP contribution in [0.15, 0.2) is 35.2 Å². The highest BCUT2D eigenvalue weighted by Gasteiger charge is 2.34. The summed E-state index contributed by atoms with van der Waals surface area (Å²) in [7, 11) is -4.08. The van der Waals surface area contributed by atoms with Crippen LogP contribution in [0, 0.1) is 13.8 Å². The molecule has 1 amide bonds. The summed E-state index contributed by atoms with van der Waals surface area (Å²) in [5.74, 6) is -0.188. The quantitative estimate of drug-likeness (QED) is 0.744. The van der Waals surface area contributed by atoms with Gasteiger partial charge in [-0.25, -0.2) is 8.42 Å². The van der Waals surface area contributed by atoms with Gasteiger partial charge < -0.3 is 4.90 Å². The van der Waals surface area contributed by atoms with E-state index in [1.807, 2.05) is 19.9 Å². The number of aromatic nitrogens is 2. The maximum absolute atomic E-state index is 12.9. The van der Waals surface area contributed by atoms with E-state index in [0.717, 1.165) is 33.9 Å². The van der Waals surface area contributed by atoms with Crippen LogP contribution in [-0.4, -0.2) is 59.5 Å². The molecule has 158 valence electrons. The van der Waals surface area contributed by atoms with Crippen LogP contribution in [0.3, 0.4) is 0 Å². The molecule has 1 aliphatic heterocycles. The highest BCUT2D eigenvalue weighted by Crippen LogP contribution is 2.31. The summed E-state index contributed by atoms with van der Waals surface area (Å²) in [6, 6.07) is 5.53. The van der Waals surface area contributed by atoms with E-state index in [1.54, 1.807) is 4.68 Å². The van der Waals surface area contributed by atoms with Crippen LogP contribution in [0.4, 0.5) is 13.2 Å². The second kappa shape index (κ2) is 7.79. The van der Waals surface area contributed by atoms with Gasteiger partial charge in [-0.3, -0.25) is 9.48 Å². The number of alkyl halides is 3. The molecule has 0 radical (unpaired) electrons. The van der Waals surface area contributed by atoms with E-state index in [2.05, 4.69) is 5.10 Å². The van der Waals surface area contributed by atoms with Crippen molar-refractivity contribution in [2.75, 3.05) is 26.2 Å². The Morgan fingerprint density at radius 1 is 1.10 bits per heavy atom. The van der Waals surface area contributed by atoms with Crippen LogP contribution in [0.25, 0.3) is 0 Å². The zero-order chi connectivity index (χ0) is 21.4. The maximum Gasteiger partial charge on any atom is 0.416 e. The van der Waals surface area contributed by atoms with E-state index in [1.165, 1.54) is 4.90 Å². The van der Waals surface area contributed by atoms with Crippen LogP contribution in [-0.2, 0) is 27.5 Å². The molecule has 3 rings (SSSR count). The van der Waals surface area contributed by atoms with E-state index < -0.39 is 26.7 Å². The van der Waals surface area contributed by atoms with E-state index in [-0.39, 0.29) is 38.6 Å². The van der Waals surface area contributed by atoms with Gasteiger partial charge in [-0.2, -0.15) is 22.6 Å². The Labute approximate surface area is 166 Å². The third-order valence-corrected chi connectivity index (χ3v) is 6.67. The number of carbonyl (C=O) groups is 1. The van der Waals surface area contributed by atoms with Crippen molar-refractivity contribution in [3.8, 4) is 0 Å². The molecule has 1 fully saturated rings. The molecule has 1 saturated heterocycles. The monoisotopic (exact) mass is 430 g/mol. The maximum atomic E-state index is 12.9.